The second kappa shape index (κ2) is 6.30. The average molecular weight is 302 g/mol. The Morgan fingerprint density at radius 3 is 2.71 bits per heavy atom. The summed E-state index contributed by atoms with van der Waals surface area (Å²) >= 11 is 0. The van der Waals surface area contributed by atoms with Gasteiger partial charge in [-0.15, -0.1) is 0 Å². The van der Waals surface area contributed by atoms with Gasteiger partial charge in [0.1, 0.15) is 5.52 Å². The van der Waals surface area contributed by atoms with E-state index in [4.69, 9.17) is 5.11 Å². The van der Waals surface area contributed by atoms with Crippen molar-refractivity contribution in [2.75, 3.05) is 25.1 Å². The van der Waals surface area contributed by atoms with Gasteiger partial charge in [0.05, 0.1) is 0 Å². The van der Waals surface area contributed by atoms with Crippen LogP contribution >= 0.6 is 0 Å². The van der Waals surface area contributed by atoms with Gasteiger partial charge in [0.2, 0.25) is 0 Å². The average Bonchev–Trinajstić information content (AvgIpc) is 2.87. The highest BCUT2D eigenvalue weighted by Gasteiger charge is 2.34. The summed E-state index contributed by atoms with van der Waals surface area (Å²) in [6, 6.07) is 1.01. The summed E-state index contributed by atoms with van der Waals surface area (Å²) in [5.41, 5.74) is -0.597. The zero-order valence-corrected chi connectivity index (χ0v) is 11.6. The molecule has 2 rings (SSSR count). The van der Waals surface area contributed by atoms with Crippen molar-refractivity contribution < 1.29 is 18.3 Å². The number of hydrogen-bond acceptors (Lipinski definition) is 4. The maximum atomic E-state index is 12.7. The molecular weight excluding hydrogens is 285 g/mol. The lowest BCUT2D eigenvalue weighted by Crippen LogP contribution is -2.20. The van der Waals surface area contributed by atoms with Crippen LogP contribution in [0.4, 0.5) is 19.0 Å². The third kappa shape index (κ3) is 3.63. The Labute approximate surface area is 120 Å². The third-order valence-corrected chi connectivity index (χ3v) is 3.17. The molecule has 0 atom stereocenters. The molecule has 1 N–H and O–H groups in total. The minimum absolute atomic E-state index is 0.148. The molecule has 0 unspecified atom stereocenters. The van der Waals surface area contributed by atoms with Crippen molar-refractivity contribution in [2.45, 2.75) is 25.4 Å². The first-order chi connectivity index (χ1) is 9.93. The highest BCUT2D eigenvalue weighted by molar-refractivity contribution is 5.68. The summed E-state index contributed by atoms with van der Waals surface area (Å²) in [7, 11) is 1.78. The number of fused-ring (bicyclic) bond motifs is 1. The minimum atomic E-state index is -4.47. The molecule has 0 bridgehead atoms. The number of nitrogens with zero attached hydrogens (tertiary/aromatic N) is 4. The van der Waals surface area contributed by atoms with Gasteiger partial charge in [-0.2, -0.15) is 18.3 Å². The highest BCUT2D eigenvalue weighted by atomic mass is 19.4. The van der Waals surface area contributed by atoms with E-state index < -0.39 is 11.9 Å². The predicted octanol–water partition coefficient (Wildman–Crippen LogP) is 2.35. The van der Waals surface area contributed by atoms with Crippen molar-refractivity contribution >= 4 is 11.3 Å². The van der Waals surface area contributed by atoms with Gasteiger partial charge in [0, 0.05) is 38.7 Å². The zero-order valence-electron chi connectivity index (χ0n) is 11.6. The van der Waals surface area contributed by atoms with Gasteiger partial charge < -0.3 is 10.0 Å². The molecule has 8 heteroatoms. The molecule has 0 saturated carbocycles. The molecular formula is C13H17F3N4O. The number of alkyl halides is 3. The van der Waals surface area contributed by atoms with Gasteiger partial charge in [-0.05, 0) is 19.3 Å². The zero-order chi connectivity index (χ0) is 15.5. The lowest BCUT2D eigenvalue weighted by molar-refractivity contribution is -0.141. The molecule has 116 valence electrons. The molecule has 0 aliphatic heterocycles. The van der Waals surface area contributed by atoms with Crippen molar-refractivity contribution in [1.82, 2.24) is 14.6 Å². The lowest BCUT2D eigenvalue weighted by Gasteiger charge is -2.18. The van der Waals surface area contributed by atoms with Crippen molar-refractivity contribution in [3.8, 4) is 0 Å². The standard InChI is InChI=1S/C13H17F3N4O/c1-19(6-3-2-4-8-21)12-10-9-11(13(14,15)16)18-20(10)7-5-17-12/h5,7,9,21H,2-4,6,8H2,1H3. The van der Waals surface area contributed by atoms with Crippen LogP contribution in [0.3, 0.4) is 0 Å². The van der Waals surface area contributed by atoms with Gasteiger partial charge in [0.25, 0.3) is 0 Å². The van der Waals surface area contributed by atoms with Crippen LogP contribution in [0.2, 0.25) is 0 Å². The Morgan fingerprint density at radius 2 is 2.05 bits per heavy atom. The fourth-order valence-corrected chi connectivity index (χ4v) is 2.08. The van der Waals surface area contributed by atoms with E-state index in [0.717, 1.165) is 25.3 Å². The van der Waals surface area contributed by atoms with Gasteiger partial charge in [0.15, 0.2) is 11.5 Å². The summed E-state index contributed by atoms with van der Waals surface area (Å²) in [5.74, 6) is 0.462. The molecule has 0 spiro atoms. The minimum Gasteiger partial charge on any atom is -0.396 e. The van der Waals surface area contributed by atoms with Crippen molar-refractivity contribution in [1.29, 1.82) is 0 Å². The summed E-state index contributed by atoms with van der Waals surface area (Å²) in [4.78, 5) is 5.95. The molecule has 0 aliphatic carbocycles. The molecule has 2 heterocycles. The Balaban J connectivity index is 2.21. The second-order valence-electron chi connectivity index (χ2n) is 4.81. The number of aromatic nitrogens is 3. The van der Waals surface area contributed by atoms with Gasteiger partial charge in [-0.25, -0.2) is 9.50 Å². The molecule has 0 aliphatic rings. The van der Waals surface area contributed by atoms with E-state index in [0.29, 0.717) is 17.9 Å². The quantitative estimate of drug-likeness (QED) is 0.832. The maximum Gasteiger partial charge on any atom is 0.435 e. The lowest BCUT2D eigenvalue weighted by atomic mass is 10.2. The number of anilines is 1. The first kappa shape index (κ1) is 15.6. The number of hydrogen-bond donors (Lipinski definition) is 1. The first-order valence-corrected chi connectivity index (χ1v) is 6.67. The number of aliphatic hydroxyl groups is 1. The molecule has 5 nitrogen and oxygen atoms in total. The van der Waals surface area contributed by atoms with E-state index in [2.05, 4.69) is 10.1 Å². The van der Waals surface area contributed by atoms with E-state index in [-0.39, 0.29) is 6.61 Å². The Morgan fingerprint density at radius 1 is 1.29 bits per heavy atom. The van der Waals surface area contributed by atoms with Crippen LogP contribution < -0.4 is 4.90 Å². The molecule has 21 heavy (non-hydrogen) atoms. The summed E-state index contributed by atoms with van der Waals surface area (Å²) < 4.78 is 39.3. The Hall–Kier alpha value is -1.83. The fraction of sp³-hybridized carbons (Fsp3) is 0.538. The molecule has 0 radical (unpaired) electrons. The van der Waals surface area contributed by atoms with E-state index >= 15 is 0 Å². The van der Waals surface area contributed by atoms with E-state index in [9.17, 15) is 13.2 Å². The second-order valence-corrected chi connectivity index (χ2v) is 4.81. The number of halogens is 3. The number of rotatable bonds is 6. The number of aliphatic hydroxyl groups excluding tert-OH is 1. The molecule has 0 aromatic carbocycles. The smallest absolute Gasteiger partial charge is 0.396 e. The van der Waals surface area contributed by atoms with Gasteiger partial charge in [-0.3, -0.25) is 0 Å². The highest BCUT2D eigenvalue weighted by Crippen LogP contribution is 2.30. The Kier molecular flexibility index (Phi) is 4.66. The van der Waals surface area contributed by atoms with Crippen LogP contribution in [-0.2, 0) is 6.18 Å². The normalized spacial score (nSPS) is 12.0. The van der Waals surface area contributed by atoms with Gasteiger partial charge in [-0.1, -0.05) is 0 Å². The van der Waals surface area contributed by atoms with Crippen LogP contribution in [0.25, 0.3) is 5.52 Å². The molecule has 2 aromatic rings. The largest absolute Gasteiger partial charge is 0.435 e. The summed E-state index contributed by atoms with van der Waals surface area (Å²) in [6.45, 7) is 0.800. The summed E-state index contributed by atoms with van der Waals surface area (Å²) in [5, 5.41) is 12.3. The fourth-order valence-electron chi connectivity index (χ4n) is 2.08. The van der Waals surface area contributed by atoms with Crippen LogP contribution in [0.1, 0.15) is 25.0 Å². The molecule has 0 saturated heterocycles. The topological polar surface area (TPSA) is 53.7 Å². The van der Waals surface area contributed by atoms with E-state index in [1.807, 2.05) is 0 Å². The molecule has 2 aromatic heterocycles. The first-order valence-electron chi connectivity index (χ1n) is 6.67. The SMILES string of the molecule is CN(CCCCCO)c1nccn2nc(C(F)(F)F)cc12. The molecule has 0 amide bonds. The van der Waals surface area contributed by atoms with Crippen molar-refractivity contribution in [3.63, 3.8) is 0 Å². The van der Waals surface area contributed by atoms with Crippen molar-refractivity contribution in [2.24, 2.45) is 0 Å². The van der Waals surface area contributed by atoms with Crippen LogP contribution in [-0.4, -0.2) is 39.9 Å². The molecule has 0 fully saturated rings. The van der Waals surface area contributed by atoms with Crippen molar-refractivity contribution in [3.05, 3.63) is 24.2 Å². The van der Waals surface area contributed by atoms with E-state index in [1.54, 1.807) is 11.9 Å². The number of unbranched alkanes of at least 4 members (excludes halogenated alkanes) is 2. The third-order valence-electron chi connectivity index (χ3n) is 3.17. The van der Waals surface area contributed by atoms with Crippen LogP contribution in [0.5, 0.6) is 0 Å². The predicted molar refractivity (Wildman–Crippen MR) is 72.2 cm³/mol. The van der Waals surface area contributed by atoms with Crippen LogP contribution in [0.15, 0.2) is 18.5 Å². The summed E-state index contributed by atoms with van der Waals surface area (Å²) in [6.07, 6.45) is 0.768. The maximum absolute atomic E-state index is 12.7. The van der Waals surface area contributed by atoms with Gasteiger partial charge >= 0.3 is 6.18 Å². The Bertz CT molecular complexity index is 597. The van der Waals surface area contributed by atoms with E-state index in [1.165, 1.54) is 16.9 Å². The van der Waals surface area contributed by atoms with Crippen LogP contribution in [0, 0.1) is 0 Å². The monoisotopic (exact) mass is 302 g/mol.